The molecular formula is C19H28. The van der Waals surface area contributed by atoms with Gasteiger partial charge in [0.05, 0.1) is 0 Å². The first-order valence-corrected chi connectivity index (χ1v) is 7.27. The summed E-state index contributed by atoms with van der Waals surface area (Å²) in [7, 11) is 0. The zero-order chi connectivity index (χ0) is 14.0. The van der Waals surface area contributed by atoms with Crippen LogP contribution in [0.3, 0.4) is 0 Å². The molecule has 0 amide bonds. The van der Waals surface area contributed by atoms with Gasteiger partial charge in [0, 0.05) is 0 Å². The molecule has 19 heavy (non-hydrogen) atoms. The number of hydrogen-bond acceptors (Lipinski definition) is 0. The smallest absolute Gasteiger partial charge is 0.0169 e. The average molecular weight is 256 g/mol. The van der Waals surface area contributed by atoms with Gasteiger partial charge >= 0.3 is 0 Å². The third-order valence-corrected chi connectivity index (χ3v) is 2.46. The van der Waals surface area contributed by atoms with E-state index in [4.69, 9.17) is 0 Å². The summed E-state index contributed by atoms with van der Waals surface area (Å²) in [6.45, 7) is 5.83. The molecule has 0 unspecified atom stereocenters. The fourth-order valence-electron chi connectivity index (χ4n) is 1.44. The number of allylic oxidation sites excluding steroid dienone is 11. The van der Waals surface area contributed by atoms with E-state index in [2.05, 4.69) is 74.3 Å². The summed E-state index contributed by atoms with van der Waals surface area (Å²) >= 11 is 0. The van der Waals surface area contributed by atoms with E-state index >= 15 is 0 Å². The molecular weight excluding hydrogens is 228 g/mol. The molecule has 0 N–H and O–H groups in total. The second-order valence-corrected chi connectivity index (χ2v) is 4.23. The molecule has 0 aliphatic carbocycles. The SMILES string of the molecule is C=CC/C=C/C/C=C/C/C=C/C/C=C/C/C=C\CC. The first-order chi connectivity index (χ1) is 9.41. The van der Waals surface area contributed by atoms with E-state index in [9.17, 15) is 0 Å². The van der Waals surface area contributed by atoms with Crippen molar-refractivity contribution in [2.24, 2.45) is 0 Å². The first kappa shape index (κ1) is 17.4. The minimum atomic E-state index is 0.966. The molecule has 0 saturated carbocycles. The molecule has 0 fully saturated rings. The van der Waals surface area contributed by atoms with E-state index in [1.165, 1.54) is 0 Å². The highest BCUT2D eigenvalue weighted by atomic mass is 13.8. The van der Waals surface area contributed by atoms with Gasteiger partial charge in [-0.3, -0.25) is 0 Å². The van der Waals surface area contributed by atoms with Gasteiger partial charge in [-0.15, -0.1) is 6.58 Å². The van der Waals surface area contributed by atoms with Crippen molar-refractivity contribution in [3.63, 3.8) is 0 Å². The molecule has 0 radical (unpaired) electrons. The monoisotopic (exact) mass is 256 g/mol. The van der Waals surface area contributed by atoms with Gasteiger partial charge in [0.15, 0.2) is 0 Å². The van der Waals surface area contributed by atoms with Crippen LogP contribution in [0.1, 0.15) is 45.4 Å². The molecule has 0 saturated heterocycles. The van der Waals surface area contributed by atoms with Crippen LogP contribution in [-0.4, -0.2) is 0 Å². The highest BCUT2D eigenvalue weighted by molar-refractivity contribution is 5.01. The summed E-state index contributed by atoms with van der Waals surface area (Å²) in [5.74, 6) is 0. The van der Waals surface area contributed by atoms with Crippen molar-refractivity contribution >= 4 is 0 Å². The van der Waals surface area contributed by atoms with Crippen LogP contribution >= 0.6 is 0 Å². The Morgan fingerprint density at radius 1 is 0.526 bits per heavy atom. The lowest BCUT2D eigenvalue weighted by Crippen LogP contribution is -1.64. The van der Waals surface area contributed by atoms with Gasteiger partial charge in [0.2, 0.25) is 0 Å². The van der Waals surface area contributed by atoms with Gasteiger partial charge in [-0.25, -0.2) is 0 Å². The average Bonchev–Trinajstić information content (AvgIpc) is 2.43. The summed E-state index contributed by atoms with van der Waals surface area (Å²) < 4.78 is 0. The summed E-state index contributed by atoms with van der Waals surface area (Å²) in [5.41, 5.74) is 0. The van der Waals surface area contributed by atoms with Crippen LogP contribution in [0.5, 0.6) is 0 Å². The fourth-order valence-corrected chi connectivity index (χ4v) is 1.44. The van der Waals surface area contributed by atoms with Crippen LogP contribution < -0.4 is 0 Å². The first-order valence-electron chi connectivity index (χ1n) is 7.27. The van der Waals surface area contributed by atoms with Crippen molar-refractivity contribution in [1.82, 2.24) is 0 Å². The molecule has 0 heterocycles. The summed E-state index contributed by atoms with van der Waals surface area (Å²) in [4.78, 5) is 0. The second kappa shape index (κ2) is 16.4. The maximum absolute atomic E-state index is 3.68. The molecule has 0 atom stereocenters. The fraction of sp³-hybridized carbons (Fsp3) is 0.368. The quantitative estimate of drug-likeness (QED) is 0.380. The molecule has 0 heteroatoms. The summed E-state index contributed by atoms with van der Waals surface area (Å²) in [5, 5.41) is 0. The lowest BCUT2D eigenvalue weighted by molar-refractivity contribution is 1.19. The Morgan fingerprint density at radius 3 is 1.16 bits per heavy atom. The van der Waals surface area contributed by atoms with Gasteiger partial charge in [0.25, 0.3) is 0 Å². The summed E-state index contributed by atoms with van der Waals surface area (Å²) in [6.07, 6.45) is 30.2. The maximum atomic E-state index is 3.68. The highest BCUT2D eigenvalue weighted by Gasteiger charge is 1.74. The highest BCUT2D eigenvalue weighted by Crippen LogP contribution is 1.95. The molecule has 0 nitrogen and oxygen atoms in total. The van der Waals surface area contributed by atoms with Crippen LogP contribution in [0.25, 0.3) is 0 Å². The van der Waals surface area contributed by atoms with Crippen LogP contribution in [0.4, 0.5) is 0 Å². The summed E-state index contributed by atoms with van der Waals surface area (Å²) in [6, 6.07) is 0. The van der Waals surface area contributed by atoms with Gasteiger partial charge in [-0.1, -0.05) is 73.8 Å². The molecule has 0 bridgehead atoms. The van der Waals surface area contributed by atoms with Gasteiger partial charge < -0.3 is 0 Å². The predicted octanol–water partition coefficient (Wildman–Crippen LogP) is 6.31. The Balaban J connectivity index is 3.45. The Kier molecular flexibility index (Phi) is 15.1. The zero-order valence-electron chi connectivity index (χ0n) is 12.3. The van der Waals surface area contributed by atoms with Crippen molar-refractivity contribution in [3.05, 3.63) is 73.4 Å². The van der Waals surface area contributed by atoms with Crippen molar-refractivity contribution < 1.29 is 0 Å². The third-order valence-electron chi connectivity index (χ3n) is 2.46. The molecule has 0 aromatic heterocycles. The lowest BCUT2D eigenvalue weighted by atomic mass is 10.2. The molecule has 0 aromatic carbocycles. The standard InChI is InChI=1S/C19H28/c1-3-5-7-9-11-13-15-17-19-18-16-14-12-10-8-6-4-2/h3,6-9,12-15,18-19H,1,4-5,10-11,16-17H2,2H3/b8-6-,9-7+,14-12+,15-13+,19-18+. The normalized spacial score (nSPS) is 12.9. The van der Waals surface area contributed by atoms with Gasteiger partial charge in [-0.2, -0.15) is 0 Å². The van der Waals surface area contributed by atoms with Crippen molar-refractivity contribution in [1.29, 1.82) is 0 Å². The molecule has 0 aliphatic rings. The minimum Gasteiger partial charge on any atom is -0.103 e. The van der Waals surface area contributed by atoms with Gasteiger partial charge in [-0.05, 0) is 38.5 Å². The molecule has 104 valence electrons. The molecule has 0 spiro atoms. The van der Waals surface area contributed by atoms with Crippen molar-refractivity contribution in [3.8, 4) is 0 Å². The van der Waals surface area contributed by atoms with Crippen molar-refractivity contribution in [2.45, 2.75) is 45.4 Å². The second-order valence-electron chi connectivity index (χ2n) is 4.23. The van der Waals surface area contributed by atoms with E-state index < -0.39 is 0 Å². The Hall–Kier alpha value is -1.56. The van der Waals surface area contributed by atoms with Crippen LogP contribution in [0, 0.1) is 0 Å². The Morgan fingerprint density at radius 2 is 0.842 bits per heavy atom. The molecule has 0 rings (SSSR count). The van der Waals surface area contributed by atoms with Crippen LogP contribution in [0.15, 0.2) is 73.4 Å². The zero-order valence-corrected chi connectivity index (χ0v) is 12.3. The number of hydrogen-bond donors (Lipinski definition) is 0. The molecule has 0 aliphatic heterocycles. The predicted molar refractivity (Wildman–Crippen MR) is 89.3 cm³/mol. The van der Waals surface area contributed by atoms with Gasteiger partial charge in [0.1, 0.15) is 0 Å². The van der Waals surface area contributed by atoms with E-state index in [-0.39, 0.29) is 0 Å². The third kappa shape index (κ3) is 16.4. The van der Waals surface area contributed by atoms with E-state index in [1.807, 2.05) is 6.08 Å². The van der Waals surface area contributed by atoms with Crippen molar-refractivity contribution in [2.75, 3.05) is 0 Å². The maximum Gasteiger partial charge on any atom is -0.0169 e. The molecule has 0 aromatic rings. The Bertz CT molecular complexity index is 324. The van der Waals surface area contributed by atoms with E-state index in [1.54, 1.807) is 0 Å². The van der Waals surface area contributed by atoms with Crippen LogP contribution in [0.2, 0.25) is 0 Å². The minimum absolute atomic E-state index is 0.966. The lowest BCUT2D eigenvalue weighted by Gasteiger charge is -1.85. The van der Waals surface area contributed by atoms with Crippen LogP contribution in [-0.2, 0) is 0 Å². The topological polar surface area (TPSA) is 0 Å². The van der Waals surface area contributed by atoms with E-state index in [0.29, 0.717) is 0 Å². The Labute approximate surface area is 119 Å². The number of rotatable bonds is 11. The largest absolute Gasteiger partial charge is 0.103 e. The van der Waals surface area contributed by atoms with E-state index in [0.717, 1.165) is 38.5 Å².